The van der Waals surface area contributed by atoms with Gasteiger partial charge in [0, 0.05) is 35.6 Å². The van der Waals surface area contributed by atoms with E-state index >= 15 is 0 Å². The Labute approximate surface area is 289 Å². The molecule has 0 spiro atoms. The molecule has 13 nitrogen and oxygen atoms in total. The summed E-state index contributed by atoms with van der Waals surface area (Å²) in [4.78, 5) is 62.2. The number of pyridine rings is 2. The van der Waals surface area contributed by atoms with Crippen LogP contribution in [0.15, 0.2) is 89.3 Å². The number of carbonyl (C=O) groups is 4. The Kier molecular flexibility index (Phi) is 9.24. The molecule has 2 atom stereocenters. The van der Waals surface area contributed by atoms with E-state index in [1.807, 2.05) is 0 Å². The minimum Gasteiger partial charge on any atom is -0.416 e. The van der Waals surface area contributed by atoms with E-state index in [1.165, 1.54) is 34.1 Å². The van der Waals surface area contributed by atoms with E-state index in [1.54, 1.807) is 48.5 Å². The molecule has 5 aromatic rings. The van der Waals surface area contributed by atoms with Crippen molar-refractivity contribution in [1.29, 1.82) is 0 Å². The number of nitrogens with one attached hydrogen (secondary N) is 2. The van der Waals surface area contributed by atoms with E-state index in [-0.39, 0.29) is 35.0 Å². The van der Waals surface area contributed by atoms with Crippen molar-refractivity contribution >= 4 is 35.0 Å². The smallest absolute Gasteiger partial charge is 0.273 e. The van der Waals surface area contributed by atoms with Crippen LogP contribution in [0, 0.1) is 11.9 Å². The highest BCUT2D eigenvalue weighted by molar-refractivity contribution is 6.02. The van der Waals surface area contributed by atoms with Crippen molar-refractivity contribution in [2.75, 3.05) is 23.7 Å². The molecule has 2 unspecified atom stereocenters. The molecule has 2 fully saturated rings. The van der Waals surface area contributed by atoms with Crippen LogP contribution < -0.4 is 10.6 Å². The number of carbonyl (C=O) groups excluding carboxylic acids is 4. The van der Waals surface area contributed by atoms with E-state index in [0.29, 0.717) is 61.3 Å². The van der Waals surface area contributed by atoms with E-state index in [0.717, 1.165) is 12.1 Å². The molecule has 0 aliphatic carbocycles. The molecule has 2 N–H and O–H groups in total. The maximum Gasteiger partial charge on any atom is 0.273 e. The Balaban J connectivity index is 0.951. The highest BCUT2D eigenvalue weighted by Crippen LogP contribution is 2.28. The first-order valence-corrected chi connectivity index (χ1v) is 16.3. The van der Waals surface area contributed by atoms with Gasteiger partial charge in [-0.15, -0.1) is 10.2 Å². The summed E-state index contributed by atoms with van der Waals surface area (Å²) < 4.78 is 33.0. The first-order valence-electron chi connectivity index (χ1n) is 16.3. The lowest BCUT2D eigenvalue weighted by Gasteiger charge is -2.23. The van der Waals surface area contributed by atoms with Crippen LogP contribution in [0.1, 0.15) is 46.7 Å². The molecular formula is C36H30F2N8O5. The number of amides is 4. The molecule has 7 rings (SSSR count). The van der Waals surface area contributed by atoms with Crippen molar-refractivity contribution in [3.05, 3.63) is 108 Å². The minimum atomic E-state index is -0.764. The summed E-state index contributed by atoms with van der Waals surface area (Å²) in [5, 5.41) is 14.0. The Morgan fingerprint density at radius 1 is 0.608 bits per heavy atom. The lowest BCUT2D eigenvalue weighted by atomic mass is 10.1. The first-order chi connectivity index (χ1) is 24.7. The van der Waals surface area contributed by atoms with Gasteiger partial charge in [0.25, 0.3) is 11.8 Å². The fourth-order valence-corrected chi connectivity index (χ4v) is 6.21. The second-order valence-corrected chi connectivity index (χ2v) is 12.0. The van der Waals surface area contributed by atoms with Crippen molar-refractivity contribution < 1.29 is 32.4 Å². The molecule has 0 bridgehead atoms. The van der Waals surface area contributed by atoms with Crippen LogP contribution in [0.25, 0.3) is 22.9 Å². The van der Waals surface area contributed by atoms with Gasteiger partial charge >= 0.3 is 0 Å². The number of halogens is 2. The highest BCUT2D eigenvalue weighted by Gasteiger charge is 2.36. The normalized spacial score (nSPS) is 17.0. The number of rotatable bonds is 8. The summed E-state index contributed by atoms with van der Waals surface area (Å²) in [7, 11) is 0. The largest absolute Gasteiger partial charge is 0.416 e. The number of benzene rings is 2. The summed E-state index contributed by atoms with van der Waals surface area (Å²) in [5.74, 6) is -2.76. The van der Waals surface area contributed by atoms with Gasteiger partial charge in [-0.05, 0) is 98.5 Å². The fraction of sp³-hybridized carbons (Fsp3) is 0.222. The third kappa shape index (κ3) is 7.18. The summed E-state index contributed by atoms with van der Waals surface area (Å²) in [6.07, 6.45) is 2.21. The van der Waals surface area contributed by atoms with E-state index in [9.17, 15) is 28.0 Å². The molecule has 2 aliphatic heterocycles. The van der Waals surface area contributed by atoms with E-state index in [4.69, 9.17) is 4.42 Å². The number of likely N-dealkylation sites (tertiary alicyclic amines) is 2. The van der Waals surface area contributed by atoms with Gasteiger partial charge in [-0.2, -0.15) is 8.78 Å². The van der Waals surface area contributed by atoms with Gasteiger partial charge in [0.15, 0.2) is 0 Å². The minimum absolute atomic E-state index is 0.0523. The monoisotopic (exact) mass is 692 g/mol. The molecule has 2 saturated heterocycles. The predicted octanol–water partition coefficient (Wildman–Crippen LogP) is 4.96. The SMILES string of the molecule is O=C(Nc1ccc(-c2nnc(-c3ccc(NC(=O)C4CCCN4C(=O)c4cccc(F)n4)cc3)o2)cc1)C1CCCN1C(=O)c1cccc(F)n1. The molecule has 2 aromatic carbocycles. The van der Waals surface area contributed by atoms with Crippen LogP contribution >= 0.6 is 0 Å². The molecular weight excluding hydrogens is 662 g/mol. The third-order valence-electron chi connectivity index (χ3n) is 8.72. The summed E-state index contributed by atoms with van der Waals surface area (Å²) >= 11 is 0. The third-order valence-corrected chi connectivity index (χ3v) is 8.72. The van der Waals surface area contributed by atoms with Gasteiger partial charge in [-0.1, -0.05) is 12.1 Å². The second-order valence-electron chi connectivity index (χ2n) is 12.0. The zero-order valence-electron chi connectivity index (χ0n) is 27.0. The second kappa shape index (κ2) is 14.2. The average Bonchev–Trinajstić information content (AvgIpc) is 3.94. The van der Waals surface area contributed by atoms with Crippen LogP contribution in [0.2, 0.25) is 0 Å². The number of nitrogens with zero attached hydrogens (tertiary/aromatic N) is 6. The molecule has 4 amide bonds. The predicted molar refractivity (Wildman–Crippen MR) is 179 cm³/mol. The van der Waals surface area contributed by atoms with Gasteiger partial charge in [0.1, 0.15) is 23.5 Å². The lowest BCUT2D eigenvalue weighted by molar-refractivity contribution is -0.120. The number of anilines is 2. The van der Waals surface area contributed by atoms with Crippen molar-refractivity contribution in [1.82, 2.24) is 30.0 Å². The Morgan fingerprint density at radius 2 is 1.02 bits per heavy atom. The zero-order valence-corrected chi connectivity index (χ0v) is 27.0. The maximum absolute atomic E-state index is 13.6. The van der Waals surface area contributed by atoms with Crippen LogP contribution in [-0.2, 0) is 9.59 Å². The summed E-state index contributed by atoms with van der Waals surface area (Å²) in [6, 6.07) is 20.1. The Hall–Kier alpha value is -6.38. The van der Waals surface area contributed by atoms with Gasteiger partial charge in [-0.25, -0.2) is 9.97 Å². The van der Waals surface area contributed by atoms with Crippen molar-refractivity contribution in [2.45, 2.75) is 37.8 Å². The van der Waals surface area contributed by atoms with Crippen molar-refractivity contribution in [3.8, 4) is 22.9 Å². The molecule has 15 heteroatoms. The van der Waals surface area contributed by atoms with E-state index < -0.39 is 35.8 Å². The Bertz CT molecular complexity index is 1960. The molecule has 2 aliphatic rings. The first kappa shape index (κ1) is 33.1. The molecule has 51 heavy (non-hydrogen) atoms. The molecule has 258 valence electrons. The number of hydrogen-bond donors (Lipinski definition) is 2. The zero-order chi connectivity index (χ0) is 35.5. The number of aromatic nitrogens is 4. The van der Waals surface area contributed by atoms with Gasteiger partial charge in [0.2, 0.25) is 35.5 Å². The summed E-state index contributed by atoms with van der Waals surface area (Å²) in [6.45, 7) is 0.729. The maximum atomic E-state index is 13.6. The topological polar surface area (TPSA) is 164 Å². The van der Waals surface area contributed by atoms with E-state index in [2.05, 4.69) is 30.8 Å². The average molecular weight is 693 g/mol. The summed E-state index contributed by atoms with van der Waals surface area (Å²) in [5.41, 5.74) is 2.11. The van der Waals surface area contributed by atoms with Crippen LogP contribution in [0.5, 0.6) is 0 Å². The van der Waals surface area contributed by atoms with Crippen LogP contribution in [0.4, 0.5) is 20.2 Å². The highest BCUT2D eigenvalue weighted by atomic mass is 19.1. The van der Waals surface area contributed by atoms with Crippen molar-refractivity contribution in [3.63, 3.8) is 0 Å². The quantitative estimate of drug-likeness (QED) is 0.214. The molecule has 0 saturated carbocycles. The number of hydrogen-bond acceptors (Lipinski definition) is 9. The fourth-order valence-electron chi connectivity index (χ4n) is 6.21. The van der Waals surface area contributed by atoms with Crippen LogP contribution in [0.3, 0.4) is 0 Å². The molecule has 0 radical (unpaired) electrons. The van der Waals surface area contributed by atoms with Crippen molar-refractivity contribution in [2.24, 2.45) is 0 Å². The molecule has 3 aromatic heterocycles. The van der Waals surface area contributed by atoms with Gasteiger partial charge < -0.3 is 24.9 Å². The van der Waals surface area contributed by atoms with Gasteiger partial charge in [-0.3, -0.25) is 19.2 Å². The Morgan fingerprint density at radius 3 is 1.41 bits per heavy atom. The standard InChI is InChI=1S/C36H30F2N8O5/c37-29-9-1-5-25(41-29)35(49)45-19-3-7-27(45)31(47)39-23-15-11-21(12-16-23)33-43-44-34(51-33)22-13-17-24(18-14-22)40-32(48)28-8-4-20-46(28)36(50)26-6-2-10-30(38)42-26/h1-2,5-6,9-18,27-28H,3-4,7-8,19-20H2,(H,39,47)(H,40,48). The molecule has 5 heterocycles. The van der Waals surface area contributed by atoms with Crippen LogP contribution in [-0.4, -0.2) is 78.8 Å². The lowest BCUT2D eigenvalue weighted by Crippen LogP contribution is -2.43. The van der Waals surface area contributed by atoms with Gasteiger partial charge in [0.05, 0.1) is 0 Å².